The number of amides is 1. The lowest BCUT2D eigenvalue weighted by atomic mass is 9.70. The predicted molar refractivity (Wildman–Crippen MR) is 119 cm³/mol. The Labute approximate surface area is 175 Å². The van der Waals surface area contributed by atoms with Crippen molar-refractivity contribution in [3.05, 3.63) is 0 Å². The van der Waals surface area contributed by atoms with E-state index < -0.39 is 0 Å². The van der Waals surface area contributed by atoms with Crippen molar-refractivity contribution >= 4 is 5.91 Å². The molecule has 0 aromatic heterocycles. The lowest BCUT2D eigenvalue weighted by Gasteiger charge is -2.37. The van der Waals surface area contributed by atoms with Crippen LogP contribution >= 0.6 is 0 Å². The van der Waals surface area contributed by atoms with Gasteiger partial charge in [-0.3, -0.25) is 4.79 Å². The summed E-state index contributed by atoms with van der Waals surface area (Å²) in [5.41, 5.74) is -0.150. The van der Waals surface area contributed by atoms with Gasteiger partial charge >= 0.3 is 0 Å². The highest BCUT2D eigenvalue weighted by Crippen LogP contribution is 2.40. The maximum absolute atomic E-state index is 13.6. The number of hydrogen-bond donors (Lipinski definition) is 1. The molecule has 3 aliphatic rings. The first kappa shape index (κ1) is 22.2. The van der Waals surface area contributed by atoms with Crippen molar-refractivity contribution in [1.82, 2.24) is 5.32 Å². The van der Waals surface area contributed by atoms with Crippen molar-refractivity contribution in [2.75, 3.05) is 0 Å². The topological polar surface area (TPSA) is 29.1 Å². The molecule has 3 rings (SSSR count). The largest absolute Gasteiger partial charge is 0.353 e. The minimum absolute atomic E-state index is 0.150. The van der Waals surface area contributed by atoms with Crippen molar-refractivity contribution in [1.29, 1.82) is 0 Å². The zero-order valence-electron chi connectivity index (χ0n) is 18.9. The van der Waals surface area contributed by atoms with E-state index in [4.69, 9.17) is 0 Å². The summed E-state index contributed by atoms with van der Waals surface area (Å²) in [7, 11) is 0. The molecule has 162 valence electrons. The van der Waals surface area contributed by atoms with E-state index in [1.807, 2.05) is 0 Å². The van der Waals surface area contributed by atoms with Gasteiger partial charge in [-0.15, -0.1) is 0 Å². The molecule has 0 saturated heterocycles. The molecule has 0 aromatic rings. The number of nitrogens with one attached hydrogen (secondary N) is 1. The van der Waals surface area contributed by atoms with Gasteiger partial charge in [-0.25, -0.2) is 0 Å². The van der Waals surface area contributed by atoms with Crippen LogP contribution in [0.4, 0.5) is 0 Å². The average molecular weight is 390 g/mol. The van der Waals surface area contributed by atoms with Crippen LogP contribution in [-0.2, 0) is 4.79 Å². The van der Waals surface area contributed by atoms with Gasteiger partial charge in [0.25, 0.3) is 0 Å². The van der Waals surface area contributed by atoms with Crippen LogP contribution in [0, 0.1) is 23.2 Å². The van der Waals surface area contributed by atoms with E-state index in [1.54, 1.807) is 0 Å². The normalized spacial score (nSPS) is 26.5. The first-order valence-electron chi connectivity index (χ1n) is 12.9. The van der Waals surface area contributed by atoms with Gasteiger partial charge in [-0.2, -0.15) is 0 Å². The fourth-order valence-corrected chi connectivity index (χ4v) is 6.47. The lowest BCUT2D eigenvalue weighted by molar-refractivity contribution is -0.133. The van der Waals surface area contributed by atoms with Gasteiger partial charge in [-0.1, -0.05) is 90.4 Å². The molecule has 2 nitrogen and oxygen atoms in total. The Balaban J connectivity index is 1.59. The van der Waals surface area contributed by atoms with Gasteiger partial charge in [0.2, 0.25) is 5.91 Å². The SMILES string of the molecule is C[C@@H](NC(=O)[C@@](C)(CCC1CCCCC1)CC1CCCCC1)C1CCCCC1. The van der Waals surface area contributed by atoms with Crippen molar-refractivity contribution in [3.8, 4) is 0 Å². The molecule has 0 aliphatic heterocycles. The highest BCUT2D eigenvalue weighted by Gasteiger charge is 2.37. The van der Waals surface area contributed by atoms with Gasteiger partial charge < -0.3 is 5.32 Å². The van der Waals surface area contributed by atoms with E-state index >= 15 is 0 Å². The van der Waals surface area contributed by atoms with Crippen molar-refractivity contribution in [2.24, 2.45) is 23.2 Å². The molecule has 0 bridgehead atoms. The van der Waals surface area contributed by atoms with Gasteiger partial charge in [0.05, 0.1) is 0 Å². The maximum Gasteiger partial charge on any atom is 0.226 e. The van der Waals surface area contributed by atoms with Crippen LogP contribution in [0.25, 0.3) is 0 Å². The Bertz CT molecular complexity index is 457. The van der Waals surface area contributed by atoms with E-state index in [-0.39, 0.29) is 5.41 Å². The minimum Gasteiger partial charge on any atom is -0.353 e. The smallest absolute Gasteiger partial charge is 0.226 e. The Morgan fingerprint density at radius 1 is 0.821 bits per heavy atom. The average Bonchev–Trinajstić information content (AvgIpc) is 2.74. The summed E-state index contributed by atoms with van der Waals surface area (Å²) in [6, 6.07) is 0.355. The summed E-state index contributed by atoms with van der Waals surface area (Å²) in [4.78, 5) is 13.6. The molecule has 2 atom stereocenters. The monoisotopic (exact) mass is 389 g/mol. The number of carbonyl (C=O) groups excluding carboxylic acids is 1. The van der Waals surface area contributed by atoms with Crippen LogP contribution in [0.15, 0.2) is 0 Å². The summed E-state index contributed by atoms with van der Waals surface area (Å²) in [6.45, 7) is 4.59. The highest BCUT2D eigenvalue weighted by atomic mass is 16.2. The van der Waals surface area contributed by atoms with Gasteiger partial charge in [0.15, 0.2) is 0 Å². The van der Waals surface area contributed by atoms with E-state index in [0.717, 1.165) is 24.7 Å². The van der Waals surface area contributed by atoms with Crippen LogP contribution in [0.5, 0.6) is 0 Å². The predicted octanol–water partition coefficient (Wildman–Crippen LogP) is 7.41. The summed E-state index contributed by atoms with van der Waals surface area (Å²) in [5, 5.41) is 3.53. The summed E-state index contributed by atoms with van der Waals surface area (Å²) in [5.74, 6) is 2.74. The first-order valence-corrected chi connectivity index (χ1v) is 12.9. The second-order valence-electron chi connectivity index (χ2n) is 11.0. The molecular weight excluding hydrogens is 342 g/mol. The van der Waals surface area contributed by atoms with Crippen molar-refractivity contribution in [3.63, 3.8) is 0 Å². The molecule has 28 heavy (non-hydrogen) atoms. The quantitative estimate of drug-likeness (QED) is 0.460. The molecule has 0 spiro atoms. The molecule has 3 aliphatic carbocycles. The molecule has 0 heterocycles. The van der Waals surface area contributed by atoms with Gasteiger partial charge in [-0.05, 0) is 56.8 Å². The molecule has 1 N–H and O–H groups in total. The number of carbonyl (C=O) groups is 1. The van der Waals surface area contributed by atoms with Crippen LogP contribution in [0.2, 0.25) is 0 Å². The number of hydrogen-bond acceptors (Lipinski definition) is 1. The molecule has 3 fully saturated rings. The van der Waals surface area contributed by atoms with Gasteiger partial charge in [0.1, 0.15) is 0 Å². The Morgan fingerprint density at radius 2 is 1.32 bits per heavy atom. The Hall–Kier alpha value is -0.530. The molecule has 0 aromatic carbocycles. The van der Waals surface area contributed by atoms with E-state index in [0.29, 0.717) is 17.9 Å². The molecule has 2 heteroatoms. The Kier molecular flexibility index (Phi) is 8.72. The standard InChI is InChI=1S/C26H47NO/c1-21(24-16-10-5-11-17-24)27-25(28)26(2,20-23-14-8-4-9-15-23)19-18-22-12-6-3-7-13-22/h21-24H,3-20H2,1-2H3,(H,27,28)/t21-,26+/m1/s1. The maximum atomic E-state index is 13.6. The number of rotatable bonds is 8. The van der Waals surface area contributed by atoms with Crippen LogP contribution in [0.1, 0.15) is 129 Å². The Morgan fingerprint density at radius 3 is 1.89 bits per heavy atom. The van der Waals surface area contributed by atoms with Crippen molar-refractivity contribution < 1.29 is 4.79 Å². The fourth-order valence-electron chi connectivity index (χ4n) is 6.47. The van der Waals surface area contributed by atoms with Crippen molar-refractivity contribution in [2.45, 2.75) is 135 Å². The minimum atomic E-state index is -0.150. The lowest BCUT2D eigenvalue weighted by Crippen LogP contribution is -2.47. The third-order valence-electron chi connectivity index (χ3n) is 8.56. The van der Waals surface area contributed by atoms with Crippen LogP contribution in [-0.4, -0.2) is 11.9 Å². The zero-order valence-corrected chi connectivity index (χ0v) is 18.9. The van der Waals surface area contributed by atoms with Crippen LogP contribution < -0.4 is 5.32 Å². The summed E-state index contributed by atoms with van der Waals surface area (Å²) in [6.07, 6.45) is 24.1. The summed E-state index contributed by atoms with van der Waals surface area (Å²) >= 11 is 0. The van der Waals surface area contributed by atoms with E-state index in [9.17, 15) is 4.79 Å². The second kappa shape index (κ2) is 11.0. The van der Waals surface area contributed by atoms with E-state index in [2.05, 4.69) is 19.2 Å². The summed E-state index contributed by atoms with van der Waals surface area (Å²) < 4.78 is 0. The fraction of sp³-hybridized carbons (Fsp3) is 0.962. The molecule has 1 amide bonds. The third kappa shape index (κ3) is 6.49. The van der Waals surface area contributed by atoms with Crippen LogP contribution in [0.3, 0.4) is 0 Å². The highest BCUT2D eigenvalue weighted by molar-refractivity contribution is 5.82. The van der Waals surface area contributed by atoms with Gasteiger partial charge in [0, 0.05) is 11.5 Å². The molecular formula is C26H47NO. The third-order valence-corrected chi connectivity index (χ3v) is 8.56. The second-order valence-corrected chi connectivity index (χ2v) is 11.0. The first-order chi connectivity index (χ1) is 13.6. The molecule has 3 saturated carbocycles. The zero-order chi connectivity index (χ0) is 19.8. The molecule has 0 radical (unpaired) electrons. The molecule has 0 unspecified atom stereocenters. The van der Waals surface area contributed by atoms with E-state index in [1.165, 1.54) is 103 Å².